The van der Waals surface area contributed by atoms with Crippen LogP contribution in [0.5, 0.6) is 0 Å². The van der Waals surface area contributed by atoms with E-state index in [1.165, 1.54) is 135 Å². The summed E-state index contributed by atoms with van der Waals surface area (Å²) in [7, 11) is 0. The third-order valence-corrected chi connectivity index (χ3v) is 11.3. The molecule has 1 heterocycles. The third-order valence-electron chi connectivity index (χ3n) is 11.3. The third kappa shape index (κ3) is 31.7. The van der Waals surface area contributed by atoms with Crippen molar-refractivity contribution in [3.8, 4) is 0 Å². The summed E-state index contributed by atoms with van der Waals surface area (Å²) in [5.41, 5.74) is 0. The van der Waals surface area contributed by atoms with Crippen LogP contribution in [-0.2, 0) is 28.5 Å². The molecule has 0 aliphatic carbocycles. The van der Waals surface area contributed by atoms with E-state index < -0.39 is 49.4 Å². The van der Waals surface area contributed by atoms with Gasteiger partial charge in [-0.3, -0.25) is 9.59 Å². The molecular formula is C49H90O10. The minimum atomic E-state index is -1.59. The molecule has 10 heteroatoms. The lowest BCUT2D eigenvalue weighted by Gasteiger charge is -2.39. The number of carbonyl (C=O) groups excluding carboxylic acids is 2. The van der Waals surface area contributed by atoms with E-state index in [2.05, 4.69) is 38.2 Å². The molecule has 2 unspecified atom stereocenters. The average Bonchev–Trinajstić information content (AvgIpc) is 3.23. The Labute approximate surface area is 360 Å². The fourth-order valence-corrected chi connectivity index (χ4v) is 7.45. The van der Waals surface area contributed by atoms with Gasteiger partial charge in [-0.2, -0.15) is 0 Å². The molecule has 0 bridgehead atoms. The predicted octanol–water partition coefficient (Wildman–Crippen LogP) is 10.9. The van der Waals surface area contributed by atoms with E-state index in [1.54, 1.807) is 0 Å². The molecule has 0 amide bonds. The van der Waals surface area contributed by atoms with Crippen LogP contribution in [0.2, 0.25) is 0 Å². The van der Waals surface area contributed by atoms with Crippen LogP contribution >= 0.6 is 0 Å². The number of carbonyl (C=O) groups is 2. The van der Waals surface area contributed by atoms with Crippen molar-refractivity contribution in [3.05, 3.63) is 24.3 Å². The minimum Gasteiger partial charge on any atom is -0.462 e. The van der Waals surface area contributed by atoms with E-state index in [0.717, 1.165) is 51.4 Å². The van der Waals surface area contributed by atoms with Gasteiger partial charge in [-0.15, -0.1) is 0 Å². The van der Waals surface area contributed by atoms with Gasteiger partial charge in [0.05, 0.1) is 13.2 Å². The molecule has 1 saturated heterocycles. The van der Waals surface area contributed by atoms with Crippen molar-refractivity contribution in [2.45, 2.75) is 256 Å². The van der Waals surface area contributed by atoms with Gasteiger partial charge in [-0.05, 0) is 44.9 Å². The second-order valence-electron chi connectivity index (χ2n) is 16.9. The zero-order chi connectivity index (χ0) is 43.0. The standard InChI is InChI=1S/C49H90O10/c1-3-5-7-9-11-13-15-17-19-20-21-22-24-26-28-30-32-34-36-38-45(52)58-42(41-57-49-48(55)47(54)46(53)43(39-50)59-49)40-56-44(51)37-35-33-31-29-27-25-23-18-16-14-12-10-8-6-4-2/h11,13,17,19,42-43,46-50,53-55H,3-10,12,14-16,18,20-41H2,1-2H3/b13-11+,19-17+/t42-,43-,46+,47?,48?,49-/m1/s1. The number of allylic oxidation sites excluding steroid dienone is 4. The number of aliphatic hydroxyl groups is 4. The summed E-state index contributed by atoms with van der Waals surface area (Å²) >= 11 is 0. The maximum atomic E-state index is 12.8. The molecule has 10 nitrogen and oxygen atoms in total. The zero-order valence-electron chi connectivity index (χ0n) is 37.8. The summed E-state index contributed by atoms with van der Waals surface area (Å²) < 4.78 is 22.2. The molecule has 346 valence electrons. The number of aliphatic hydroxyl groups excluding tert-OH is 4. The Morgan fingerprint density at radius 1 is 0.525 bits per heavy atom. The summed E-state index contributed by atoms with van der Waals surface area (Å²) in [4.78, 5) is 25.4. The maximum absolute atomic E-state index is 12.8. The SMILES string of the molecule is CCCCC/C=C/C/C=C/CCCCCCCCCCCC(=O)O[C@H](COC(=O)CCCCCCCCCCCCCCCCC)CO[C@@H]1O[C@H](CO)[C@H](O)C(O)C1O. The first-order valence-electron chi connectivity index (χ1n) is 24.4. The van der Waals surface area contributed by atoms with Gasteiger partial charge in [0.2, 0.25) is 0 Å². The highest BCUT2D eigenvalue weighted by Crippen LogP contribution is 2.23. The van der Waals surface area contributed by atoms with E-state index in [4.69, 9.17) is 18.9 Å². The van der Waals surface area contributed by atoms with E-state index in [-0.39, 0.29) is 32.0 Å². The van der Waals surface area contributed by atoms with Crippen molar-refractivity contribution < 1.29 is 49.0 Å². The smallest absolute Gasteiger partial charge is 0.306 e. The first-order valence-corrected chi connectivity index (χ1v) is 24.4. The molecular weight excluding hydrogens is 749 g/mol. The summed E-state index contributed by atoms with van der Waals surface area (Å²) in [5, 5.41) is 40.1. The molecule has 0 aromatic carbocycles. The fraction of sp³-hybridized carbons (Fsp3) is 0.878. The largest absolute Gasteiger partial charge is 0.462 e. The fourth-order valence-electron chi connectivity index (χ4n) is 7.45. The number of hydrogen-bond acceptors (Lipinski definition) is 10. The molecule has 0 radical (unpaired) electrons. The summed E-state index contributed by atoms with van der Waals surface area (Å²) in [6.45, 7) is 3.42. The Hall–Kier alpha value is -1.82. The van der Waals surface area contributed by atoms with Gasteiger partial charge in [0, 0.05) is 12.8 Å². The van der Waals surface area contributed by atoms with Crippen LogP contribution < -0.4 is 0 Å². The summed E-state index contributed by atoms with van der Waals surface area (Å²) in [6.07, 6.45) is 37.5. The first-order chi connectivity index (χ1) is 28.8. The van der Waals surface area contributed by atoms with Crippen molar-refractivity contribution in [3.63, 3.8) is 0 Å². The van der Waals surface area contributed by atoms with Crippen molar-refractivity contribution in [2.75, 3.05) is 19.8 Å². The number of ether oxygens (including phenoxy) is 4. The maximum Gasteiger partial charge on any atom is 0.306 e. The lowest BCUT2D eigenvalue weighted by atomic mass is 9.99. The second kappa shape index (κ2) is 40.3. The van der Waals surface area contributed by atoms with E-state index in [1.807, 2.05) is 0 Å². The molecule has 0 spiro atoms. The Kier molecular flexibility index (Phi) is 37.7. The van der Waals surface area contributed by atoms with Crippen LogP contribution in [-0.4, -0.2) is 89.0 Å². The highest BCUT2D eigenvalue weighted by molar-refractivity contribution is 5.70. The summed E-state index contributed by atoms with van der Waals surface area (Å²) in [5.74, 6) is -0.801. The van der Waals surface area contributed by atoms with Gasteiger partial charge in [0.1, 0.15) is 31.0 Å². The molecule has 1 rings (SSSR count). The topological polar surface area (TPSA) is 152 Å². The van der Waals surface area contributed by atoms with Crippen LogP contribution in [0.3, 0.4) is 0 Å². The molecule has 0 saturated carbocycles. The van der Waals surface area contributed by atoms with Gasteiger partial charge in [-0.25, -0.2) is 0 Å². The molecule has 1 aliphatic heterocycles. The molecule has 0 aromatic rings. The monoisotopic (exact) mass is 839 g/mol. The van der Waals surface area contributed by atoms with Crippen LogP contribution in [0, 0.1) is 0 Å². The van der Waals surface area contributed by atoms with Gasteiger partial charge in [0.25, 0.3) is 0 Å². The Balaban J connectivity index is 2.28. The highest BCUT2D eigenvalue weighted by atomic mass is 16.7. The lowest BCUT2D eigenvalue weighted by Crippen LogP contribution is -2.59. The zero-order valence-corrected chi connectivity index (χ0v) is 37.8. The Morgan fingerprint density at radius 2 is 0.949 bits per heavy atom. The number of esters is 2. The van der Waals surface area contributed by atoms with Crippen molar-refractivity contribution in [1.82, 2.24) is 0 Å². The van der Waals surface area contributed by atoms with E-state index in [9.17, 15) is 30.0 Å². The molecule has 1 aliphatic rings. The molecule has 4 N–H and O–H groups in total. The number of unbranched alkanes of at least 4 members (excludes halogenated alkanes) is 26. The quantitative estimate of drug-likeness (QED) is 0.0266. The van der Waals surface area contributed by atoms with Gasteiger partial charge < -0.3 is 39.4 Å². The van der Waals surface area contributed by atoms with Crippen molar-refractivity contribution in [1.29, 1.82) is 0 Å². The van der Waals surface area contributed by atoms with Crippen LogP contribution in [0.4, 0.5) is 0 Å². The van der Waals surface area contributed by atoms with E-state index in [0.29, 0.717) is 6.42 Å². The second-order valence-corrected chi connectivity index (χ2v) is 16.9. The lowest BCUT2D eigenvalue weighted by molar-refractivity contribution is -0.305. The first kappa shape index (κ1) is 55.2. The van der Waals surface area contributed by atoms with Gasteiger partial charge in [0.15, 0.2) is 12.4 Å². The normalized spacial score (nSPS) is 20.1. The van der Waals surface area contributed by atoms with E-state index >= 15 is 0 Å². The Morgan fingerprint density at radius 3 is 1.44 bits per heavy atom. The van der Waals surface area contributed by atoms with Gasteiger partial charge >= 0.3 is 11.9 Å². The average molecular weight is 839 g/mol. The molecule has 59 heavy (non-hydrogen) atoms. The van der Waals surface area contributed by atoms with Gasteiger partial charge in [-0.1, -0.05) is 186 Å². The molecule has 1 fully saturated rings. The number of hydrogen-bond donors (Lipinski definition) is 4. The van der Waals surface area contributed by atoms with Crippen LogP contribution in [0.25, 0.3) is 0 Å². The minimum absolute atomic E-state index is 0.215. The number of rotatable bonds is 41. The molecule has 6 atom stereocenters. The van der Waals surface area contributed by atoms with Crippen LogP contribution in [0.15, 0.2) is 24.3 Å². The van der Waals surface area contributed by atoms with Crippen molar-refractivity contribution >= 4 is 11.9 Å². The Bertz CT molecular complexity index is 1020. The molecule has 0 aromatic heterocycles. The highest BCUT2D eigenvalue weighted by Gasteiger charge is 2.44. The van der Waals surface area contributed by atoms with Crippen molar-refractivity contribution in [2.24, 2.45) is 0 Å². The predicted molar refractivity (Wildman–Crippen MR) is 238 cm³/mol. The summed E-state index contributed by atoms with van der Waals surface area (Å²) in [6, 6.07) is 0. The van der Waals surface area contributed by atoms with Crippen LogP contribution in [0.1, 0.15) is 219 Å².